The highest BCUT2D eigenvalue weighted by atomic mass is 16.1. The first-order chi connectivity index (χ1) is 12.1. The average Bonchev–Trinajstić information content (AvgIpc) is 3.07. The lowest BCUT2D eigenvalue weighted by Crippen LogP contribution is -2.12. The van der Waals surface area contributed by atoms with Crippen LogP contribution in [0.4, 0.5) is 5.82 Å². The number of Topliss-reactive ketones (excluding diaryl/α,β-unsaturated/α-hetero) is 1. The smallest absolute Gasteiger partial charge is 0.166 e. The monoisotopic (exact) mass is 335 g/mol. The van der Waals surface area contributed by atoms with Gasteiger partial charge in [-0.25, -0.2) is 15.0 Å². The predicted molar refractivity (Wildman–Crippen MR) is 97.3 cm³/mol. The van der Waals surface area contributed by atoms with Gasteiger partial charge in [-0.15, -0.1) is 0 Å². The lowest BCUT2D eigenvalue weighted by molar-refractivity contribution is 0.101. The molecule has 0 atom stereocenters. The third-order valence-electron chi connectivity index (χ3n) is 4.94. The van der Waals surface area contributed by atoms with Crippen LogP contribution in [0.3, 0.4) is 0 Å². The van der Waals surface area contributed by atoms with E-state index in [0.29, 0.717) is 28.8 Å². The third kappa shape index (κ3) is 2.88. The van der Waals surface area contributed by atoms with Crippen molar-refractivity contribution in [1.82, 2.24) is 19.5 Å². The van der Waals surface area contributed by atoms with Crippen molar-refractivity contribution in [2.75, 3.05) is 5.73 Å². The van der Waals surface area contributed by atoms with E-state index in [0.717, 1.165) is 24.1 Å². The molecule has 1 fully saturated rings. The molecule has 0 unspecified atom stereocenters. The number of hydrogen-bond acceptors (Lipinski definition) is 5. The van der Waals surface area contributed by atoms with Crippen molar-refractivity contribution in [2.45, 2.75) is 45.1 Å². The van der Waals surface area contributed by atoms with Gasteiger partial charge in [-0.3, -0.25) is 4.79 Å². The van der Waals surface area contributed by atoms with Crippen LogP contribution in [0.25, 0.3) is 22.6 Å². The molecular weight excluding hydrogens is 314 g/mol. The topological polar surface area (TPSA) is 86.7 Å². The van der Waals surface area contributed by atoms with Crippen LogP contribution in [0, 0.1) is 0 Å². The maximum atomic E-state index is 11.6. The fourth-order valence-corrected chi connectivity index (χ4v) is 3.57. The molecule has 0 aliphatic heterocycles. The number of aromatic nitrogens is 4. The van der Waals surface area contributed by atoms with Gasteiger partial charge in [0.2, 0.25) is 0 Å². The highest BCUT2D eigenvalue weighted by molar-refractivity contribution is 5.95. The second kappa shape index (κ2) is 6.27. The molecule has 0 amide bonds. The molecular formula is C19H21N5O. The van der Waals surface area contributed by atoms with Crippen molar-refractivity contribution in [3.63, 3.8) is 0 Å². The highest BCUT2D eigenvalue weighted by Gasteiger charge is 2.20. The molecule has 2 aromatic heterocycles. The molecule has 0 saturated heterocycles. The molecule has 0 radical (unpaired) electrons. The number of ketones is 1. The van der Waals surface area contributed by atoms with Crippen LogP contribution in [0.5, 0.6) is 0 Å². The molecule has 6 heteroatoms. The Labute approximate surface area is 146 Å². The summed E-state index contributed by atoms with van der Waals surface area (Å²) in [6.45, 7) is 1.55. The molecule has 6 nitrogen and oxygen atoms in total. The summed E-state index contributed by atoms with van der Waals surface area (Å²) in [5.41, 5.74) is 9.00. The fourth-order valence-electron chi connectivity index (χ4n) is 3.57. The van der Waals surface area contributed by atoms with Crippen LogP contribution in [0.2, 0.25) is 0 Å². The summed E-state index contributed by atoms with van der Waals surface area (Å²) in [7, 11) is 0. The Morgan fingerprint density at radius 1 is 1.20 bits per heavy atom. The Kier molecular flexibility index (Phi) is 3.95. The Morgan fingerprint density at radius 2 is 2.00 bits per heavy atom. The zero-order valence-electron chi connectivity index (χ0n) is 14.3. The largest absolute Gasteiger partial charge is 0.382 e. The molecule has 2 heterocycles. The molecule has 1 aliphatic carbocycles. The molecule has 128 valence electrons. The third-order valence-corrected chi connectivity index (χ3v) is 4.94. The Hall–Kier alpha value is -2.76. The second-order valence-corrected chi connectivity index (χ2v) is 6.69. The van der Waals surface area contributed by atoms with Crippen LogP contribution in [-0.4, -0.2) is 25.3 Å². The van der Waals surface area contributed by atoms with Gasteiger partial charge in [-0.2, -0.15) is 0 Å². The van der Waals surface area contributed by atoms with Gasteiger partial charge in [0.1, 0.15) is 5.52 Å². The quantitative estimate of drug-likeness (QED) is 0.736. The summed E-state index contributed by atoms with van der Waals surface area (Å²) in [5.74, 6) is 0.927. The van der Waals surface area contributed by atoms with E-state index in [1.54, 1.807) is 13.0 Å². The fraction of sp³-hybridized carbons (Fsp3) is 0.368. The lowest BCUT2D eigenvalue weighted by atomic mass is 9.95. The molecule has 3 aromatic rings. The van der Waals surface area contributed by atoms with Crippen LogP contribution >= 0.6 is 0 Å². The van der Waals surface area contributed by atoms with Gasteiger partial charge < -0.3 is 10.3 Å². The molecule has 0 spiro atoms. The van der Waals surface area contributed by atoms with E-state index in [1.807, 2.05) is 24.5 Å². The van der Waals surface area contributed by atoms with Gasteiger partial charge in [0.05, 0.1) is 6.33 Å². The summed E-state index contributed by atoms with van der Waals surface area (Å²) >= 11 is 0. The maximum absolute atomic E-state index is 11.6. The molecule has 2 N–H and O–H groups in total. The summed E-state index contributed by atoms with van der Waals surface area (Å²) in [5, 5.41) is 0. The zero-order chi connectivity index (χ0) is 17.4. The normalized spacial score (nSPS) is 15.6. The number of fused-ring (bicyclic) bond motifs is 1. The van der Waals surface area contributed by atoms with E-state index < -0.39 is 0 Å². The first kappa shape index (κ1) is 15.7. The van der Waals surface area contributed by atoms with Gasteiger partial charge in [0.25, 0.3) is 0 Å². The Balaban J connectivity index is 1.83. The molecule has 0 bridgehead atoms. The van der Waals surface area contributed by atoms with Gasteiger partial charge >= 0.3 is 0 Å². The van der Waals surface area contributed by atoms with Crippen molar-refractivity contribution in [3.8, 4) is 11.4 Å². The number of carbonyl (C=O) groups is 1. The summed E-state index contributed by atoms with van der Waals surface area (Å²) in [4.78, 5) is 25.2. The van der Waals surface area contributed by atoms with Crippen LogP contribution in [0.1, 0.15) is 55.4 Å². The lowest BCUT2D eigenvalue weighted by Gasteiger charge is -2.23. The minimum absolute atomic E-state index is 0.0168. The first-order valence-corrected chi connectivity index (χ1v) is 8.75. The van der Waals surface area contributed by atoms with Crippen molar-refractivity contribution in [1.29, 1.82) is 0 Å². The van der Waals surface area contributed by atoms with Crippen molar-refractivity contribution >= 4 is 22.8 Å². The molecule has 1 aromatic carbocycles. The summed E-state index contributed by atoms with van der Waals surface area (Å²) in [6, 6.07) is 7.76. The number of nitrogen functional groups attached to an aromatic ring is 1. The minimum Gasteiger partial charge on any atom is -0.382 e. The summed E-state index contributed by atoms with van der Waals surface area (Å²) < 4.78 is 2.14. The van der Waals surface area contributed by atoms with Gasteiger partial charge in [0, 0.05) is 17.2 Å². The van der Waals surface area contributed by atoms with Crippen LogP contribution < -0.4 is 5.73 Å². The van der Waals surface area contributed by atoms with Gasteiger partial charge in [-0.05, 0) is 25.8 Å². The standard InChI is InChI=1S/C19H21N5O/c1-12(25)13-6-5-7-14(10-13)18-22-17(20)16-19(23-18)24(11-21-16)15-8-3-2-4-9-15/h5-7,10-11,15H,2-4,8-9H2,1H3,(H2,20,22,23). The van der Waals surface area contributed by atoms with Crippen molar-refractivity contribution in [3.05, 3.63) is 36.2 Å². The number of nitrogens with two attached hydrogens (primary N) is 1. The molecule has 1 saturated carbocycles. The number of benzene rings is 1. The SMILES string of the molecule is CC(=O)c1cccc(-c2nc(N)c3ncn(C4CCCCC4)c3n2)c1. The average molecular weight is 335 g/mol. The van der Waals surface area contributed by atoms with E-state index in [1.165, 1.54) is 19.3 Å². The predicted octanol–water partition coefficient (Wildman–Crippen LogP) is 3.78. The van der Waals surface area contributed by atoms with E-state index in [9.17, 15) is 4.79 Å². The Bertz CT molecular complexity index is 940. The number of carbonyl (C=O) groups excluding carboxylic acids is 1. The molecule has 1 aliphatic rings. The van der Waals surface area contributed by atoms with E-state index >= 15 is 0 Å². The first-order valence-electron chi connectivity index (χ1n) is 8.75. The molecule has 25 heavy (non-hydrogen) atoms. The molecule has 4 rings (SSSR count). The van der Waals surface area contributed by atoms with Crippen molar-refractivity contribution < 1.29 is 4.79 Å². The van der Waals surface area contributed by atoms with E-state index in [-0.39, 0.29) is 5.78 Å². The van der Waals surface area contributed by atoms with Crippen molar-refractivity contribution in [2.24, 2.45) is 0 Å². The highest BCUT2D eigenvalue weighted by Crippen LogP contribution is 2.32. The number of anilines is 1. The summed E-state index contributed by atoms with van der Waals surface area (Å²) in [6.07, 6.45) is 7.89. The Morgan fingerprint density at radius 3 is 2.76 bits per heavy atom. The van der Waals surface area contributed by atoms with Gasteiger partial charge in [0.15, 0.2) is 23.1 Å². The zero-order valence-corrected chi connectivity index (χ0v) is 14.3. The van der Waals surface area contributed by atoms with E-state index in [2.05, 4.69) is 14.5 Å². The van der Waals surface area contributed by atoms with Crippen LogP contribution in [0.15, 0.2) is 30.6 Å². The van der Waals surface area contributed by atoms with Gasteiger partial charge in [-0.1, -0.05) is 37.5 Å². The maximum Gasteiger partial charge on any atom is 0.166 e. The van der Waals surface area contributed by atoms with Crippen LogP contribution in [-0.2, 0) is 0 Å². The number of hydrogen-bond donors (Lipinski definition) is 1. The number of rotatable bonds is 3. The second-order valence-electron chi connectivity index (χ2n) is 6.69. The van der Waals surface area contributed by atoms with E-state index in [4.69, 9.17) is 10.7 Å². The number of imidazole rings is 1. The minimum atomic E-state index is 0.0168. The number of nitrogens with zero attached hydrogens (tertiary/aromatic N) is 4.